The Morgan fingerprint density at radius 1 is 0.944 bits per heavy atom. The number of rotatable bonds is 8. The highest BCUT2D eigenvalue weighted by molar-refractivity contribution is 5.80. The molecule has 0 saturated heterocycles. The normalized spacial score (nSPS) is 7.67. The number of methoxy groups -OCH3 is 1. The van der Waals surface area contributed by atoms with Gasteiger partial charge in [-0.25, -0.2) is 0 Å². The van der Waals surface area contributed by atoms with Crippen molar-refractivity contribution in [2.45, 2.75) is 43.1 Å². The van der Waals surface area contributed by atoms with E-state index in [1.165, 1.54) is 6.92 Å². The fraction of sp³-hybridized carbons (Fsp3) is 0.846. The summed E-state index contributed by atoms with van der Waals surface area (Å²) < 4.78 is 14.4. The van der Waals surface area contributed by atoms with Gasteiger partial charge in [0.2, 0.25) is 0 Å². The van der Waals surface area contributed by atoms with E-state index in [-0.39, 0.29) is 48.5 Å². The molecule has 0 heterocycles. The van der Waals surface area contributed by atoms with Gasteiger partial charge in [0.05, 0.1) is 26.2 Å². The Balaban J connectivity index is -0.000000141. The van der Waals surface area contributed by atoms with Crippen LogP contribution in [0.1, 0.15) is 43.1 Å². The van der Waals surface area contributed by atoms with E-state index in [9.17, 15) is 9.59 Å². The Labute approximate surface area is 113 Å². The highest BCUT2D eigenvalue weighted by Crippen LogP contribution is 1.88. The molecule has 5 heteroatoms. The van der Waals surface area contributed by atoms with E-state index in [2.05, 4.69) is 4.74 Å². The number of ether oxygens (including phenoxy) is 3. The lowest BCUT2D eigenvalue weighted by molar-refractivity contribution is -0.148. The minimum atomic E-state index is -0.419. The molecule has 0 bridgehead atoms. The quantitative estimate of drug-likeness (QED) is 0.500. The molecule has 0 atom stereocenters. The molecule has 0 rings (SSSR count). The second kappa shape index (κ2) is 21.4. The predicted molar refractivity (Wildman–Crippen MR) is 75.9 cm³/mol. The van der Waals surface area contributed by atoms with Crippen molar-refractivity contribution in [1.82, 2.24) is 0 Å². The van der Waals surface area contributed by atoms with Crippen molar-refractivity contribution in [1.29, 1.82) is 0 Å². The molecule has 0 spiro atoms. The fourth-order valence-electron chi connectivity index (χ4n) is 0.654. The molecular weight excluding hydrogens is 236 g/mol. The smallest absolute Gasteiger partial charge is 0.308 e. The van der Waals surface area contributed by atoms with E-state index in [4.69, 9.17) is 9.47 Å². The zero-order chi connectivity index (χ0) is 10.8. The summed E-state index contributed by atoms with van der Waals surface area (Å²) in [6, 6.07) is 0. The van der Waals surface area contributed by atoms with Crippen LogP contribution in [0.2, 0.25) is 0 Å². The van der Waals surface area contributed by atoms with Crippen LogP contribution in [0.5, 0.6) is 0 Å². The van der Waals surface area contributed by atoms with E-state index >= 15 is 0 Å². The van der Waals surface area contributed by atoms with Crippen LogP contribution in [-0.2, 0) is 23.8 Å². The van der Waals surface area contributed by atoms with Gasteiger partial charge in [-0.05, 0) is 6.92 Å². The lowest BCUT2D eigenvalue weighted by atomic mass is 10.4. The van der Waals surface area contributed by atoms with Gasteiger partial charge in [-0.2, -0.15) is 0 Å². The number of ketones is 1. The van der Waals surface area contributed by atoms with Crippen molar-refractivity contribution < 1.29 is 23.8 Å². The summed E-state index contributed by atoms with van der Waals surface area (Å²) in [5, 5.41) is 0. The Hall–Kier alpha value is -0.940. The Morgan fingerprint density at radius 2 is 1.50 bits per heavy atom. The first-order valence-electron chi connectivity index (χ1n) is 4.38. The van der Waals surface area contributed by atoms with Crippen LogP contribution in [0, 0.1) is 0 Å². The third-order valence-electron chi connectivity index (χ3n) is 1.32. The van der Waals surface area contributed by atoms with Crippen molar-refractivity contribution >= 4 is 11.8 Å². The molecular formula is C13H32O5. The largest absolute Gasteiger partial charge is 0.458 e. The van der Waals surface area contributed by atoms with Crippen LogP contribution >= 0.6 is 0 Å². The lowest BCUT2D eigenvalue weighted by Crippen LogP contribution is -2.14. The van der Waals surface area contributed by atoms with Gasteiger partial charge in [0.15, 0.2) is 5.78 Å². The highest BCUT2D eigenvalue weighted by Gasteiger charge is 2.03. The summed E-state index contributed by atoms with van der Waals surface area (Å²) in [6.07, 6.45) is 0.164. The summed E-state index contributed by atoms with van der Waals surface area (Å²) in [7, 11) is 1.57. The van der Waals surface area contributed by atoms with E-state index in [0.29, 0.717) is 19.8 Å². The second-order valence-electron chi connectivity index (χ2n) is 2.72. The van der Waals surface area contributed by atoms with Crippen LogP contribution in [0.25, 0.3) is 0 Å². The monoisotopic (exact) mass is 268 g/mol. The fourth-order valence-corrected chi connectivity index (χ4v) is 0.654. The molecule has 0 aliphatic carbocycles. The molecule has 0 aromatic heterocycles. The van der Waals surface area contributed by atoms with Gasteiger partial charge in [-0.1, -0.05) is 29.7 Å². The number of carbonyl (C=O) groups excluding carboxylic acids is 2. The standard InChI is InChI=1S/C9H16O5.4CH4/c1-8(10)7-14-9(11)3-4-13-6-5-12-2;;;;/h3-7H2,1-2H3;4*1H4. The van der Waals surface area contributed by atoms with Crippen molar-refractivity contribution in [3.05, 3.63) is 0 Å². The van der Waals surface area contributed by atoms with E-state index < -0.39 is 5.97 Å². The molecule has 0 saturated carbocycles. The minimum absolute atomic E-state index is 0. The van der Waals surface area contributed by atoms with Gasteiger partial charge in [0.1, 0.15) is 6.61 Å². The van der Waals surface area contributed by atoms with Crippen LogP contribution in [0.3, 0.4) is 0 Å². The Bertz CT molecular complexity index is 180. The zero-order valence-electron chi connectivity index (χ0n) is 8.58. The molecule has 0 N–H and O–H groups in total. The summed E-state index contributed by atoms with van der Waals surface area (Å²) in [4.78, 5) is 21.3. The zero-order valence-corrected chi connectivity index (χ0v) is 8.58. The SMILES string of the molecule is C.C.C.C.COCCOCCC(=O)OCC(C)=O. The molecule has 0 aliphatic rings. The van der Waals surface area contributed by atoms with Crippen LogP contribution in [0.4, 0.5) is 0 Å². The first-order valence-corrected chi connectivity index (χ1v) is 4.38. The van der Waals surface area contributed by atoms with Gasteiger partial charge < -0.3 is 14.2 Å². The molecule has 18 heavy (non-hydrogen) atoms. The van der Waals surface area contributed by atoms with Crippen LogP contribution < -0.4 is 0 Å². The van der Waals surface area contributed by atoms with E-state index in [1.807, 2.05) is 0 Å². The maximum Gasteiger partial charge on any atom is 0.308 e. The van der Waals surface area contributed by atoms with Crippen molar-refractivity contribution in [3.63, 3.8) is 0 Å². The van der Waals surface area contributed by atoms with Crippen LogP contribution in [0.15, 0.2) is 0 Å². The number of Topliss-reactive ketones (excluding diaryl/α,β-unsaturated/α-hetero) is 1. The third kappa shape index (κ3) is 24.3. The van der Waals surface area contributed by atoms with Gasteiger partial charge in [0, 0.05) is 7.11 Å². The molecule has 0 aromatic carbocycles. The number of carbonyl (C=O) groups is 2. The minimum Gasteiger partial charge on any atom is -0.458 e. The van der Waals surface area contributed by atoms with Crippen molar-refractivity contribution in [2.75, 3.05) is 33.5 Å². The van der Waals surface area contributed by atoms with Gasteiger partial charge >= 0.3 is 5.97 Å². The maximum atomic E-state index is 10.9. The van der Waals surface area contributed by atoms with Gasteiger partial charge in [-0.3, -0.25) is 9.59 Å². The average Bonchev–Trinajstić information content (AvgIpc) is 2.14. The third-order valence-corrected chi connectivity index (χ3v) is 1.32. The van der Waals surface area contributed by atoms with Crippen molar-refractivity contribution in [2.24, 2.45) is 0 Å². The Kier molecular flexibility index (Phi) is 35.9. The number of hydrogen-bond donors (Lipinski definition) is 0. The topological polar surface area (TPSA) is 61.8 Å². The second-order valence-corrected chi connectivity index (χ2v) is 2.72. The number of hydrogen-bond acceptors (Lipinski definition) is 5. The molecule has 0 aromatic rings. The summed E-state index contributed by atoms with van der Waals surface area (Å²) in [6.45, 7) is 2.46. The number of esters is 1. The van der Waals surface area contributed by atoms with Gasteiger partial charge in [-0.15, -0.1) is 0 Å². The van der Waals surface area contributed by atoms with Crippen LogP contribution in [-0.4, -0.2) is 45.3 Å². The first kappa shape index (κ1) is 30.3. The predicted octanol–water partition coefficient (Wildman–Crippen LogP) is 2.72. The maximum absolute atomic E-state index is 10.9. The first-order chi connectivity index (χ1) is 6.66. The summed E-state index contributed by atoms with van der Waals surface area (Å²) in [5.74, 6) is -0.587. The summed E-state index contributed by atoms with van der Waals surface area (Å²) >= 11 is 0. The molecule has 0 radical (unpaired) electrons. The van der Waals surface area contributed by atoms with Crippen molar-refractivity contribution in [3.8, 4) is 0 Å². The molecule has 0 fully saturated rings. The van der Waals surface area contributed by atoms with E-state index in [0.717, 1.165) is 0 Å². The molecule has 0 aliphatic heterocycles. The van der Waals surface area contributed by atoms with Gasteiger partial charge in [0.25, 0.3) is 0 Å². The molecule has 5 nitrogen and oxygen atoms in total. The molecule has 0 amide bonds. The molecule has 0 unspecified atom stereocenters. The lowest BCUT2D eigenvalue weighted by Gasteiger charge is -2.03. The highest BCUT2D eigenvalue weighted by atomic mass is 16.5. The summed E-state index contributed by atoms with van der Waals surface area (Å²) in [5.41, 5.74) is 0. The van der Waals surface area contributed by atoms with E-state index in [1.54, 1.807) is 7.11 Å². The Morgan fingerprint density at radius 3 is 1.94 bits per heavy atom. The molecule has 114 valence electrons. The average molecular weight is 268 g/mol.